The Morgan fingerprint density at radius 1 is 1.03 bits per heavy atom. The first-order chi connectivity index (χ1) is 14.2. The Morgan fingerprint density at radius 2 is 1.69 bits per heavy atom. The number of aliphatic hydroxyl groups is 1. The van der Waals surface area contributed by atoms with Crippen LogP contribution in [0.1, 0.15) is 42.2 Å². The normalized spacial score (nSPS) is 14.7. The summed E-state index contributed by atoms with van der Waals surface area (Å²) in [5.41, 5.74) is 3.02. The van der Waals surface area contributed by atoms with Crippen LogP contribution in [0.15, 0.2) is 79.0 Å². The van der Waals surface area contributed by atoms with Crippen LogP contribution >= 0.6 is 0 Å². The van der Waals surface area contributed by atoms with Crippen LogP contribution in [0, 0.1) is 5.92 Å². The van der Waals surface area contributed by atoms with Crippen LogP contribution in [-0.2, 0) is 11.3 Å². The molecule has 1 aromatic heterocycles. The zero-order valence-corrected chi connectivity index (χ0v) is 17.1. The maximum atomic E-state index is 9.79. The lowest BCUT2D eigenvalue weighted by Gasteiger charge is -2.20. The molecule has 0 amide bonds. The van der Waals surface area contributed by atoms with Crippen LogP contribution in [0.25, 0.3) is 0 Å². The molecule has 0 fully saturated rings. The highest BCUT2D eigenvalue weighted by Crippen LogP contribution is 2.26. The standard InChI is InChI=1S/C24H29N3O2/c1-19(24(29-2)21-14-7-4-8-15-21)11-9-10-16-27-17-23(25-26-27)22(18-28)20-12-5-3-6-13-20/h3-9,11-15,17,19,22,24,28H,10,16,18H2,1-2H3/b11-9+/t19-,22?,24+/m1/s1. The molecule has 0 aliphatic rings. The summed E-state index contributed by atoms with van der Waals surface area (Å²) in [6.45, 7) is 2.92. The van der Waals surface area contributed by atoms with Gasteiger partial charge in [0.15, 0.2) is 0 Å². The summed E-state index contributed by atoms with van der Waals surface area (Å²) in [6, 6.07) is 20.2. The largest absolute Gasteiger partial charge is 0.395 e. The number of aliphatic hydroxyl groups excluding tert-OH is 1. The van der Waals surface area contributed by atoms with E-state index < -0.39 is 0 Å². The quantitative estimate of drug-likeness (QED) is 0.521. The first-order valence-corrected chi connectivity index (χ1v) is 10.0. The molecule has 152 valence electrons. The zero-order valence-electron chi connectivity index (χ0n) is 17.1. The third-order valence-corrected chi connectivity index (χ3v) is 5.12. The van der Waals surface area contributed by atoms with Gasteiger partial charge in [-0.25, -0.2) is 0 Å². The van der Waals surface area contributed by atoms with E-state index in [4.69, 9.17) is 4.74 Å². The van der Waals surface area contributed by atoms with Gasteiger partial charge in [-0.2, -0.15) is 0 Å². The number of nitrogens with zero attached hydrogens (tertiary/aromatic N) is 3. The minimum Gasteiger partial charge on any atom is -0.395 e. The maximum Gasteiger partial charge on any atom is 0.0924 e. The van der Waals surface area contributed by atoms with Gasteiger partial charge in [0.25, 0.3) is 0 Å². The molecule has 0 saturated heterocycles. The van der Waals surface area contributed by atoms with Crippen molar-refractivity contribution in [1.82, 2.24) is 15.0 Å². The highest BCUT2D eigenvalue weighted by atomic mass is 16.5. The van der Waals surface area contributed by atoms with Crippen LogP contribution in [-0.4, -0.2) is 33.8 Å². The molecule has 2 aromatic carbocycles. The van der Waals surface area contributed by atoms with Crippen LogP contribution in [0.4, 0.5) is 0 Å². The lowest BCUT2D eigenvalue weighted by Crippen LogP contribution is -2.10. The van der Waals surface area contributed by atoms with Crippen molar-refractivity contribution in [3.05, 3.63) is 95.8 Å². The molecule has 29 heavy (non-hydrogen) atoms. The van der Waals surface area contributed by atoms with Gasteiger partial charge in [0.1, 0.15) is 0 Å². The molecule has 5 heteroatoms. The van der Waals surface area contributed by atoms with Crippen LogP contribution in [0.3, 0.4) is 0 Å². The second-order valence-electron chi connectivity index (χ2n) is 7.20. The number of benzene rings is 2. The summed E-state index contributed by atoms with van der Waals surface area (Å²) < 4.78 is 7.53. The lowest BCUT2D eigenvalue weighted by atomic mass is 9.96. The molecule has 3 aromatic rings. The van der Waals surface area contributed by atoms with Gasteiger partial charge in [-0.3, -0.25) is 4.68 Å². The molecule has 0 bridgehead atoms. The number of allylic oxidation sites excluding steroid dienone is 1. The Hall–Kier alpha value is -2.76. The molecule has 0 spiro atoms. The molecule has 0 aliphatic heterocycles. The van der Waals surface area contributed by atoms with Crippen molar-refractivity contribution in [2.24, 2.45) is 5.92 Å². The summed E-state index contributed by atoms with van der Waals surface area (Å²) in [5, 5.41) is 18.3. The van der Waals surface area contributed by atoms with E-state index in [1.807, 2.05) is 59.4 Å². The van der Waals surface area contributed by atoms with E-state index >= 15 is 0 Å². The number of hydrogen-bond donors (Lipinski definition) is 1. The monoisotopic (exact) mass is 391 g/mol. The number of hydrogen-bond acceptors (Lipinski definition) is 4. The van der Waals surface area contributed by atoms with Crippen molar-refractivity contribution < 1.29 is 9.84 Å². The molecule has 0 radical (unpaired) electrons. The van der Waals surface area contributed by atoms with E-state index in [1.54, 1.807) is 7.11 Å². The summed E-state index contributed by atoms with van der Waals surface area (Å²) >= 11 is 0. The second-order valence-corrected chi connectivity index (χ2v) is 7.20. The number of rotatable bonds is 10. The average molecular weight is 392 g/mol. The molecule has 1 heterocycles. The number of aryl methyl sites for hydroxylation is 1. The van der Waals surface area contributed by atoms with Crippen LogP contribution in [0.5, 0.6) is 0 Å². The van der Waals surface area contributed by atoms with E-state index in [0.717, 1.165) is 24.2 Å². The van der Waals surface area contributed by atoms with Gasteiger partial charge in [0.2, 0.25) is 0 Å². The molecule has 3 rings (SSSR count). The van der Waals surface area contributed by atoms with Gasteiger partial charge in [0, 0.05) is 25.8 Å². The minimum absolute atomic E-state index is 0.0119. The SMILES string of the molecule is CO[C@H](c1ccccc1)[C@H](C)/C=C/CCn1cc(C(CO)c2ccccc2)nn1. The molecule has 3 atom stereocenters. The fourth-order valence-corrected chi connectivity index (χ4v) is 3.55. The van der Waals surface area contributed by atoms with E-state index in [9.17, 15) is 5.11 Å². The van der Waals surface area contributed by atoms with Gasteiger partial charge in [-0.15, -0.1) is 5.10 Å². The van der Waals surface area contributed by atoms with Crippen molar-refractivity contribution in [3.63, 3.8) is 0 Å². The van der Waals surface area contributed by atoms with Crippen LogP contribution < -0.4 is 0 Å². The molecule has 1 N–H and O–H groups in total. The van der Waals surface area contributed by atoms with E-state index in [2.05, 4.69) is 41.5 Å². The Balaban J connectivity index is 1.55. The molecule has 0 aliphatic carbocycles. The second kappa shape index (κ2) is 10.7. The highest BCUT2D eigenvalue weighted by molar-refractivity contribution is 5.27. The Labute approximate surface area is 172 Å². The maximum absolute atomic E-state index is 9.79. The Kier molecular flexibility index (Phi) is 7.73. The minimum atomic E-state index is -0.145. The van der Waals surface area contributed by atoms with Crippen molar-refractivity contribution in [3.8, 4) is 0 Å². The predicted molar refractivity (Wildman–Crippen MR) is 115 cm³/mol. The van der Waals surface area contributed by atoms with Crippen molar-refractivity contribution >= 4 is 0 Å². The molecule has 5 nitrogen and oxygen atoms in total. The average Bonchev–Trinajstić information content (AvgIpc) is 3.22. The summed E-state index contributed by atoms with van der Waals surface area (Å²) in [6.07, 6.45) is 7.18. The van der Waals surface area contributed by atoms with Crippen molar-refractivity contribution in [1.29, 1.82) is 0 Å². The van der Waals surface area contributed by atoms with Gasteiger partial charge in [-0.05, 0) is 17.5 Å². The Bertz CT molecular complexity index is 877. The van der Waals surface area contributed by atoms with Crippen molar-refractivity contribution in [2.45, 2.75) is 31.9 Å². The van der Waals surface area contributed by atoms with E-state index in [-0.39, 0.29) is 24.5 Å². The Morgan fingerprint density at radius 3 is 2.31 bits per heavy atom. The fraction of sp³-hybridized carbons (Fsp3) is 0.333. The fourth-order valence-electron chi connectivity index (χ4n) is 3.55. The first-order valence-electron chi connectivity index (χ1n) is 10.0. The van der Waals surface area contributed by atoms with Crippen molar-refractivity contribution in [2.75, 3.05) is 13.7 Å². The van der Waals surface area contributed by atoms with E-state index in [1.165, 1.54) is 5.56 Å². The third-order valence-electron chi connectivity index (χ3n) is 5.12. The summed E-state index contributed by atoms with van der Waals surface area (Å²) in [5.74, 6) is 0.124. The zero-order chi connectivity index (χ0) is 20.5. The molecular weight excluding hydrogens is 362 g/mol. The third kappa shape index (κ3) is 5.62. The smallest absolute Gasteiger partial charge is 0.0924 e. The molecular formula is C24H29N3O2. The summed E-state index contributed by atoms with van der Waals surface area (Å²) in [7, 11) is 1.75. The predicted octanol–water partition coefficient (Wildman–Crippen LogP) is 4.37. The molecule has 1 unspecified atom stereocenters. The highest BCUT2D eigenvalue weighted by Gasteiger charge is 2.17. The number of methoxy groups -OCH3 is 1. The van der Waals surface area contributed by atoms with E-state index in [0.29, 0.717) is 0 Å². The number of ether oxygens (including phenoxy) is 1. The van der Waals surface area contributed by atoms with Gasteiger partial charge >= 0.3 is 0 Å². The van der Waals surface area contributed by atoms with Gasteiger partial charge < -0.3 is 9.84 Å². The van der Waals surface area contributed by atoms with Gasteiger partial charge in [0.05, 0.1) is 24.3 Å². The lowest BCUT2D eigenvalue weighted by molar-refractivity contribution is 0.0740. The topological polar surface area (TPSA) is 60.2 Å². The number of aromatic nitrogens is 3. The van der Waals surface area contributed by atoms with Gasteiger partial charge in [-0.1, -0.05) is 85.0 Å². The molecule has 0 saturated carbocycles. The summed E-state index contributed by atoms with van der Waals surface area (Å²) in [4.78, 5) is 0. The van der Waals surface area contributed by atoms with Crippen LogP contribution in [0.2, 0.25) is 0 Å². The first kappa shape index (κ1) is 21.0.